The van der Waals surface area contributed by atoms with Gasteiger partial charge in [0.2, 0.25) is 11.9 Å². The van der Waals surface area contributed by atoms with Crippen LogP contribution >= 0.6 is 0 Å². The Morgan fingerprint density at radius 2 is 1.87 bits per heavy atom. The van der Waals surface area contributed by atoms with Gasteiger partial charge in [0.1, 0.15) is 5.82 Å². The summed E-state index contributed by atoms with van der Waals surface area (Å²) in [6, 6.07) is 1.08. The van der Waals surface area contributed by atoms with Gasteiger partial charge in [0, 0.05) is 37.0 Å². The number of nitrogen functional groups attached to an aromatic ring is 1. The number of anilines is 3. The Hall–Kier alpha value is -2.67. The molecule has 0 amide bonds. The summed E-state index contributed by atoms with van der Waals surface area (Å²) in [5, 5.41) is 0. The largest absolute Gasteiger partial charge is 0.384 e. The van der Waals surface area contributed by atoms with Crippen molar-refractivity contribution in [2.45, 2.75) is 19.4 Å². The van der Waals surface area contributed by atoms with E-state index in [1.165, 1.54) is 6.20 Å². The molecule has 0 aromatic carbocycles. The molecule has 0 unspecified atom stereocenters. The summed E-state index contributed by atoms with van der Waals surface area (Å²) < 4.78 is 56.5. The van der Waals surface area contributed by atoms with E-state index in [0.29, 0.717) is 25.7 Å². The first-order valence-corrected chi connectivity index (χ1v) is 11.7. The summed E-state index contributed by atoms with van der Waals surface area (Å²) >= 11 is 0. The average molecular weight is 455 g/mol. The molecule has 31 heavy (non-hydrogen) atoms. The number of nitrogens with zero attached hydrogens (tertiary/aromatic N) is 6. The number of halogens is 2. The van der Waals surface area contributed by atoms with Crippen molar-refractivity contribution in [3.63, 3.8) is 0 Å². The maximum absolute atomic E-state index is 13.7. The third kappa shape index (κ3) is 4.66. The van der Waals surface area contributed by atoms with Crippen molar-refractivity contribution in [3.05, 3.63) is 17.8 Å². The highest BCUT2D eigenvalue weighted by Gasteiger charge is 2.28. The van der Waals surface area contributed by atoms with E-state index in [2.05, 4.69) is 19.9 Å². The molecule has 2 N–H and O–H groups in total. The molecule has 13 heteroatoms. The van der Waals surface area contributed by atoms with E-state index in [1.54, 1.807) is 4.90 Å². The lowest BCUT2D eigenvalue weighted by atomic mass is 10.1. The molecule has 2 aromatic heterocycles. The minimum Gasteiger partial charge on any atom is -0.384 e. The minimum absolute atomic E-state index is 0.0248. The van der Waals surface area contributed by atoms with Gasteiger partial charge in [-0.3, -0.25) is 0 Å². The van der Waals surface area contributed by atoms with E-state index in [9.17, 15) is 17.2 Å². The Bertz CT molecular complexity index is 1060. The molecule has 0 saturated carbocycles. The fourth-order valence-corrected chi connectivity index (χ4v) is 4.74. The zero-order valence-corrected chi connectivity index (χ0v) is 17.7. The Morgan fingerprint density at radius 1 is 1.16 bits per heavy atom. The fraction of sp³-hybridized carbons (Fsp3) is 0.556. The molecule has 2 aliphatic rings. The molecule has 10 nitrogen and oxygen atoms in total. The molecular formula is C18H23F2N7O3S. The molecule has 2 fully saturated rings. The molecular weight excluding hydrogens is 432 g/mol. The minimum atomic E-state index is -3.11. The van der Waals surface area contributed by atoms with E-state index in [1.807, 2.05) is 11.8 Å². The van der Waals surface area contributed by atoms with Crippen LogP contribution in [0.2, 0.25) is 0 Å². The lowest BCUT2D eigenvalue weighted by molar-refractivity contribution is 0.0981. The number of sulfone groups is 1. The van der Waals surface area contributed by atoms with Gasteiger partial charge in [-0.05, 0) is 13.0 Å². The topological polar surface area (TPSA) is 127 Å². The monoisotopic (exact) mass is 455 g/mol. The van der Waals surface area contributed by atoms with Gasteiger partial charge < -0.3 is 20.3 Å². The number of rotatable bonds is 4. The second-order valence-corrected chi connectivity index (χ2v) is 9.82. The van der Waals surface area contributed by atoms with Crippen molar-refractivity contribution in [2.75, 3.05) is 59.9 Å². The maximum atomic E-state index is 13.7. The molecule has 2 aromatic rings. The molecule has 0 spiro atoms. The first kappa shape index (κ1) is 21.6. The average Bonchev–Trinajstić information content (AvgIpc) is 2.73. The van der Waals surface area contributed by atoms with Crippen LogP contribution in [-0.2, 0) is 14.6 Å². The highest BCUT2D eigenvalue weighted by atomic mass is 32.2. The Morgan fingerprint density at radius 3 is 2.55 bits per heavy atom. The summed E-state index contributed by atoms with van der Waals surface area (Å²) in [4.78, 5) is 21.0. The third-order valence-corrected chi connectivity index (χ3v) is 6.91. The Labute approximate surface area is 178 Å². The van der Waals surface area contributed by atoms with E-state index in [-0.39, 0.29) is 59.4 Å². The number of ether oxygens (including phenoxy) is 1. The van der Waals surface area contributed by atoms with E-state index in [0.717, 1.165) is 6.07 Å². The van der Waals surface area contributed by atoms with Crippen LogP contribution < -0.4 is 15.5 Å². The highest BCUT2D eigenvalue weighted by molar-refractivity contribution is 7.91. The summed E-state index contributed by atoms with van der Waals surface area (Å²) in [5.74, 6) is 0.518. The quantitative estimate of drug-likeness (QED) is 0.711. The standard InChI is InChI=1S/C18H23F2N7O3S/c1-11-10-30-5-2-27(11)18-24-16(13-9-22-14(21)8-12(13)15(19)20)23-17(25-18)26-3-6-31(28,29)7-4-26/h8-9,11,15H,2-7,10H2,1H3,(H2,21,22)/t11-/m1/s1. The van der Waals surface area contributed by atoms with Crippen LogP contribution in [0.5, 0.6) is 0 Å². The number of hydrogen-bond acceptors (Lipinski definition) is 10. The van der Waals surface area contributed by atoms with Crippen molar-refractivity contribution in [2.24, 2.45) is 0 Å². The molecule has 1 atom stereocenters. The molecule has 0 radical (unpaired) electrons. The number of nitrogens with two attached hydrogens (primary N) is 1. The number of morpholine rings is 1. The molecule has 0 bridgehead atoms. The summed E-state index contributed by atoms with van der Waals surface area (Å²) in [6.45, 7) is 3.86. The van der Waals surface area contributed by atoms with Gasteiger partial charge in [-0.15, -0.1) is 0 Å². The van der Waals surface area contributed by atoms with Crippen LogP contribution in [-0.4, -0.2) is 78.7 Å². The van der Waals surface area contributed by atoms with Gasteiger partial charge in [0.25, 0.3) is 6.43 Å². The maximum Gasteiger partial charge on any atom is 0.264 e. The first-order valence-electron chi connectivity index (χ1n) is 9.83. The second-order valence-electron chi connectivity index (χ2n) is 7.51. The first-order chi connectivity index (χ1) is 14.7. The number of aromatic nitrogens is 4. The van der Waals surface area contributed by atoms with Crippen molar-refractivity contribution in [3.8, 4) is 11.4 Å². The van der Waals surface area contributed by atoms with E-state index in [4.69, 9.17) is 10.5 Å². The summed E-state index contributed by atoms with van der Waals surface area (Å²) in [5.41, 5.74) is 5.32. The predicted octanol–water partition coefficient (Wildman–Crippen LogP) is 0.913. The van der Waals surface area contributed by atoms with Gasteiger partial charge in [-0.1, -0.05) is 0 Å². The zero-order chi connectivity index (χ0) is 22.2. The second kappa shape index (κ2) is 8.46. The van der Waals surface area contributed by atoms with Gasteiger partial charge in [0.15, 0.2) is 15.7 Å². The summed E-state index contributed by atoms with van der Waals surface area (Å²) in [7, 11) is -3.11. The number of alkyl halides is 2. The van der Waals surface area contributed by atoms with Gasteiger partial charge in [-0.2, -0.15) is 15.0 Å². The van der Waals surface area contributed by atoms with Crippen molar-refractivity contribution in [1.82, 2.24) is 19.9 Å². The van der Waals surface area contributed by atoms with Crippen LogP contribution in [0.1, 0.15) is 18.9 Å². The predicted molar refractivity (Wildman–Crippen MR) is 111 cm³/mol. The summed E-state index contributed by atoms with van der Waals surface area (Å²) in [6.07, 6.45) is -1.57. The Balaban J connectivity index is 1.81. The van der Waals surface area contributed by atoms with Crippen molar-refractivity contribution < 1.29 is 21.9 Å². The van der Waals surface area contributed by atoms with Crippen LogP contribution in [0.3, 0.4) is 0 Å². The normalized spacial score (nSPS) is 21.5. The Kier molecular flexibility index (Phi) is 5.88. The zero-order valence-electron chi connectivity index (χ0n) is 16.9. The van der Waals surface area contributed by atoms with Crippen LogP contribution in [0, 0.1) is 0 Å². The highest BCUT2D eigenvalue weighted by Crippen LogP contribution is 2.32. The van der Waals surface area contributed by atoms with Crippen LogP contribution in [0.15, 0.2) is 12.3 Å². The lowest BCUT2D eigenvalue weighted by Gasteiger charge is -2.34. The number of hydrogen-bond donors (Lipinski definition) is 1. The van der Waals surface area contributed by atoms with Crippen molar-refractivity contribution >= 4 is 27.6 Å². The van der Waals surface area contributed by atoms with Crippen LogP contribution in [0.25, 0.3) is 11.4 Å². The van der Waals surface area contributed by atoms with Gasteiger partial charge >= 0.3 is 0 Å². The third-order valence-electron chi connectivity index (χ3n) is 5.30. The van der Waals surface area contributed by atoms with Crippen molar-refractivity contribution in [1.29, 1.82) is 0 Å². The molecule has 168 valence electrons. The lowest BCUT2D eigenvalue weighted by Crippen LogP contribution is -2.45. The number of pyridine rings is 1. The molecule has 2 saturated heterocycles. The van der Waals surface area contributed by atoms with E-state index >= 15 is 0 Å². The fourth-order valence-electron chi connectivity index (χ4n) is 3.54. The molecule has 4 rings (SSSR count). The van der Waals surface area contributed by atoms with Gasteiger partial charge in [-0.25, -0.2) is 22.2 Å². The molecule has 4 heterocycles. The SMILES string of the molecule is C[C@@H]1COCCN1c1nc(-c2cnc(N)cc2C(F)F)nc(N2CCS(=O)(=O)CC2)n1. The van der Waals surface area contributed by atoms with Gasteiger partial charge in [0.05, 0.1) is 30.8 Å². The smallest absolute Gasteiger partial charge is 0.264 e. The molecule has 0 aliphatic carbocycles. The van der Waals surface area contributed by atoms with Crippen LogP contribution in [0.4, 0.5) is 26.5 Å². The van der Waals surface area contributed by atoms with E-state index < -0.39 is 16.3 Å². The molecule has 2 aliphatic heterocycles.